The zero-order chi connectivity index (χ0) is 15.9. The normalized spacial score (nSPS) is 26.9. The van der Waals surface area contributed by atoms with Crippen molar-refractivity contribution in [3.63, 3.8) is 0 Å². The van der Waals surface area contributed by atoms with E-state index < -0.39 is 30.4 Å². The van der Waals surface area contributed by atoms with Crippen molar-refractivity contribution in [1.82, 2.24) is 24.8 Å². The Morgan fingerprint density at radius 3 is 2.83 bits per heavy atom. The fourth-order valence-corrected chi connectivity index (χ4v) is 2.44. The van der Waals surface area contributed by atoms with E-state index in [9.17, 15) is 15.0 Å². The summed E-state index contributed by atoms with van der Waals surface area (Å²) in [7, 11) is 0. The molecule has 0 aliphatic carbocycles. The first kappa shape index (κ1) is 17.0. The van der Waals surface area contributed by atoms with E-state index >= 15 is 0 Å². The van der Waals surface area contributed by atoms with Crippen LogP contribution in [0.2, 0.25) is 0 Å². The molecule has 0 aromatic carbocycles. The van der Waals surface area contributed by atoms with Gasteiger partial charge in [0, 0.05) is 6.54 Å². The van der Waals surface area contributed by atoms with Crippen molar-refractivity contribution in [1.29, 1.82) is 0 Å². The highest BCUT2D eigenvalue weighted by atomic mass is 16.6. The number of nitrogens with zero attached hydrogens (tertiary/aromatic N) is 4. The number of anilines is 1. The third kappa shape index (κ3) is 2.70. The van der Waals surface area contributed by atoms with Crippen molar-refractivity contribution in [2.45, 2.75) is 31.5 Å². The summed E-state index contributed by atoms with van der Waals surface area (Å²) in [4.78, 5) is 23.8. The molecule has 0 unspecified atom stereocenters. The van der Waals surface area contributed by atoms with Gasteiger partial charge in [0.2, 0.25) is 0 Å². The maximum absolute atomic E-state index is 11.9. The van der Waals surface area contributed by atoms with Crippen molar-refractivity contribution >= 4 is 22.9 Å². The van der Waals surface area contributed by atoms with Crippen LogP contribution in [0.25, 0.3) is 11.2 Å². The summed E-state index contributed by atoms with van der Waals surface area (Å²) in [5, 5.41) is 22.7. The molecule has 0 saturated carbocycles. The molecule has 0 radical (unpaired) electrons. The Balaban J connectivity index is 0.00000192. The van der Waals surface area contributed by atoms with Crippen molar-refractivity contribution in [2.24, 2.45) is 0 Å². The second-order valence-electron chi connectivity index (χ2n) is 4.91. The van der Waals surface area contributed by atoms with Crippen LogP contribution in [0.5, 0.6) is 0 Å². The van der Waals surface area contributed by atoms with E-state index in [0.717, 1.165) is 0 Å². The minimum Gasteiger partial charge on any atom is -0.412 e. The Kier molecular flexibility index (Phi) is 4.75. The smallest absolute Gasteiger partial charge is 0.252 e. The van der Waals surface area contributed by atoms with Crippen molar-refractivity contribution in [3.8, 4) is 0 Å². The molecule has 23 heavy (non-hydrogen) atoms. The molecule has 1 fully saturated rings. The number of likely N-dealkylation sites (N-methyl/N-ethyl adjacent to an activating group) is 1. The lowest BCUT2D eigenvalue weighted by atomic mass is 10.1. The molecule has 2 aromatic heterocycles. The molecule has 11 nitrogen and oxygen atoms in total. The Morgan fingerprint density at radius 2 is 2.13 bits per heavy atom. The van der Waals surface area contributed by atoms with Gasteiger partial charge in [0.25, 0.3) is 5.91 Å². The molecular weight excluding hydrogens is 308 g/mol. The standard InChI is InChI=1S/C12H16N6O4.H2O/c1-2-14-11(21)8-6(19)7(20)12(22-8)18-4-17-5-9(13)15-3-16-10(5)18;/h3-4,6-8,12,19-20H,2H2,1H3,(H,14,21)(H2,13,15,16);1H2/t6-,7+,8-,12+;/m0./s1. The molecule has 1 aliphatic heterocycles. The van der Waals surface area contributed by atoms with Gasteiger partial charge in [-0.2, -0.15) is 0 Å². The number of carbonyl (C=O) groups is 1. The lowest BCUT2D eigenvalue weighted by Gasteiger charge is -2.16. The average Bonchev–Trinajstić information content (AvgIpc) is 3.03. The van der Waals surface area contributed by atoms with E-state index in [1.807, 2.05) is 0 Å². The van der Waals surface area contributed by atoms with E-state index in [2.05, 4.69) is 20.3 Å². The number of nitrogens with two attached hydrogens (primary N) is 1. The maximum Gasteiger partial charge on any atom is 0.252 e. The molecule has 3 heterocycles. The van der Waals surface area contributed by atoms with Gasteiger partial charge in [-0.25, -0.2) is 15.0 Å². The van der Waals surface area contributed by atoms with E-state index in [1.165, 1.54) is 17.2 Å². The summed E-state index contributed by atoms with van der Waals surface area (Å²) in [6.45, 7) is 2.14. The van der Waals surface area contributed by atoms with Crippen LogP contribution in [0, 0.1) is 0 Å². The van der Waals surface area contributed by atoms with Crippen LogP contribution in [0.4, 0.5) is 5.82 Å². The molecule has 0 bridgehead atoms. The highest BCUT2D eigenvalue weighted by Crippen LogP contribution is 2.31. The number of nitrogen functional groups attached to an aromatic ring is 1. The largest absolute Gasteiger partial charge is 0.412 e. The number of aliphatic hydroxyl groups is 2. The molecule has 4 atom stereocenters. The molecule has 1 saturated heterocycles. The fraction of sp³-hybridized carbons (Fsp3) is 0.500. The first-order chi connectivity index (χ1) is 10.5. The lowest BCUT2D eigenvalue weighted by Crippen LogP contribution is -2.42. The third-order valence-electron chi connectivity index (χ3n) is 3.51. The predicted molar refractivity (Wildman–Crippen MR) is 78.0 cm³/mol. The lowest BCUT2D eigenvalue weighted by molar-refractivity contribution is -0.137. The van der Waals surface area contributed by atoms with Gasteiger partial charge in [0.1, 0.15) is 24.1 Å². The van der Waals surface area contributed by atoms with Crippen molar-refractivity contribution in [2.75, 3.05) is 12.3 Å². The number of carbonyl (C=O) groups excluding carboxylic acids is 1. The van der Waals surface area contributed by atoms with Gasteiger partial charge < -0.3 is 31.5 Å². The molecule has 0 spiro atoms. The van der Waals surface area contributed by atoms with Crippen LogP contribution >= 0.6 is 0 Å². The van der Waals surface area contributed by atoms with Gasteiger partial charge in [-0.05, 0) is 6.92 Å². The summed E-state index contributed by atoms with van der Waals surface area (Å²) < 4.78 is 6.92. The number of rotatable bonds is 3. The monoisotopic (exact) mass is 326 g/mol. The summed E-state index contributed by atoms with van der Waals surface area (Å²) in [5.41, 5.74) is 6.40. The first-order valence-electron chi connectivity index (χ1n) is 6.77. The van der Waals surface area contributed by atoms with Gasteiger partial charge in [-0.15, -0.1) is 0 Å². The Bertz CT molecular complexity index is 706. The SMILES string of the molecule is CCNC(=O)[C@H]1O[C@@H](n2cnc3c(N)ncnc32)[C@H](O)[C@@H]1O.O. The zero-order valence-electron chi connectivity index (χ0n) is 12.2. The van der Waals surface area contributed by atoms with E-state index in [0.29, 0.717) is 17.7 Å². The average molecular weight is 326 g/mol. The van der Waals surface area contributed by atoms with Crippen molar-refractivity contribution < 1.29 is 25.2 Å². The van der Waals surface area contributed by atoms with Crippen molar-refractivity contribution in [3.05, 3.63) is 12.7 Å². The van der Waals surface area contributed by atoms with Gasteiger partial charge in [-0.3, -0.25) is 9.36 Å². The Labute approximate surface area is 130 Å². The van der Waals surface area contributed by atoms with Crippen LogP contribution in [0.15, 0.2) is 12.7 Å². The summed E-state index contributed by atoms with van der Waals surface area (Å²) in [6.07, 6.45) is -2.20. The number of aliphatic hydroxyl groups excluding tert-OH is 2. The molecule has 126 valence electrons. The zero-order valence-corrected chi connectivity index (χ0v) is 12.2. The van der Waals surface area contributed by atoms with Crippen LogP contribution in [-0.4, -0.2) is 66.0 Å². The molecule has 3 rings (SSSR count). The third-order valence-corrected chi connectivity index (χ3v) is 3.51. The van der Waals surface area contributed by atoms with Crippen LogP contribution in [-0.2, 0) is 9.53 Å². The first-order valence-corrected chi connectivity index (χ1v) is 6.77. The molecule has 11 heteroatoms. The second kappa shape index (κ2) is 6.42. The maximum atomic E-state index is 11.9. The molecule has 7 N–H and O–H groups in total. The second-order valence-corrected chi connectivity index (χ2v) is 4.91. The molecule has 2 aromatic rings. The number of imidazole rings is 1. The van der Waals surface area contributed by atoms with E-state index in [-0.39, 0.29) is 11.3 Å². The Morgan fingerprint density at radius 1 is 1.39 bits per heavy atom. The van der Waals surface area contributed by atoms with Crippen LogP contribution in [0.1, 0.15) is 13.2 Å². The number of amides is 1. The quantitative estimate of drug-likeness (QED) is 0.471. The minimum absolute atomic E-state index is 0. The summed E-state index contributed by atoms with van der Waals surface area (Å²) in [6, 6.07) is 0. The van der Waals surface area contributed by atoms with Gasteiger partial charge in [0.05, 0.1) is 6.33 Å². The highest BCUT2D eigenvalue weighted by Gasteiger charge is 2.47. The number of hydrogen-bond acceptors (Lipinski definition) is 8. The minimum atomic E-state index is -1.35. The van der Waals surface area contributed by atoms with Gasteiger partial charge in [-0.1, -0.05) is 0 Å². The summed E-state index contributed by atoms with van der Waals surface area (Å²) in [5.74, 6) is -0.299. The molecule has 1 aliphatic rings. The molecular formula is C12H18N6O5. The van der Waals surface area contributed by atoms with E-state index in [4.69, 9.17) is 10.5 Å². The number of nitrogens with one attached hydrogen (secondary N) is 1. The number of fused-ring (bicyclic) bond motifs is 1. The topological polar surface area (TPSA) is 180 Å². The predicted octanol–water partition coefficient (Wildman–Crippen LogP) is -2.66. The van der Waals surface area contributed by atoms with Gasteiger partial charge in [0.15, 0.2) is 23.8 Å². The summed E-state index contributed by atoms with van der Waals surface area (Å²) >= 11 is 0. The van der Waals surface area contributed by atoms with Crippen LogP contribution < -0.4 is 11.1 Å². The van der Waals surface area contributed by atoms with Crippen LogP contribution in [0.3, 0.4) is 0 Å². The highest BCUT2D eigenvalue weighted by molar-refractivity contribution is 5.82. The molecule has 1 amide bonds. The number of ether oxygens (including phenoxy) is 1. The van der Waals surface area contributed by atoms with Gasteiger partial charge >= 0.3 is 0 Å². The number of hydrogen-bond donors (Lipinski definition) is 4. The van der Waals surface area contributed by atoms with E-state index in [1.54, 1.807) is 6.92 Å². The Hall–Kier alpha value is -2.34. The fourth-order valence-electron chi connectivity index (χ4n) is 2.44. The number of aromatic nitrogens is 4.